The first-order valence-corrected chi connectivity index (χ1v) is 17.4. The fraction of sp³-hybridized carbons (Fsp3) is 1.00. The Morgan fingerprint density at radius 1 is 0.647 bits per heavy atom. The van der Waals surface area contributed by atoms with E-state index in [1.54, 1.807) is 0 Å². The molecule has 2 saturated carbocycles. The molecular weight excluding hydrogens is 528 g/mol. The van der Waals surface area contributed by atoms with Crippen LogP contribution in [0, 0.1) is 0 Å². The van der Waals surface area contributed by atoms with Crippen molar-refractivity contribution in [2.45, 2.75) is 114 Å². The minimum absolute atomic E-state index is 0.00377. The fourth-order valence-corrected chi connectivity index (χ4v) is 8.48. The molecule has 0 bridgehead atoms. The zero-order valence-corrected chi connectivity index (χ0v) is 23.2. The van der Waals surface area contributed by atoms with Gasteiger partial charge in [-0.05, 0) is 52.4 Å². The molecule has 34 heavy (non-hydrogen) atoms. The molecule has 0 N–H and O–H groups in total. The van der Waals surface area contributed by atoms with Gasteiger partial charge in [-0.2, -0.15) is 16.8 Å². The standard InChI is InChI=1S/C20H38O10S4/c1-17(31(21)27-19-11-5-3-6-12-19)29-33(23,24)15-9-10-16-34(25,26)30-18(2)32(22)28-20-13-7-4-8-14-20/h17-20H,3-16H2,1-2H3. The van der Waals surface area contributed by atoms with Crippen LogP contribution in [0.15, 0.2) is 0 Å². The summed E-state index contributed by atoms with van der Waals surface area (Å²) in [7, 11) is -8.03. The van der Waals surface area contributed by atoms with E-state index in [9.17, 15) is 25.3 Å². The minimum Gasteiger partial charge on any atom is -0.285 e. The summed E-state index contributed by atoms with van der Waals surface area (Å²) in [6, 6.07) is 0. The fourth-order valence-electron chi connectivity index (χ4n) is 3.88. The first-order chi connectivity index (χ1) is 16.0. The average Bonchev–Trinajstić information content (AvgIpc) is 2.77. The van der Waals surface area contributed by atoms with Crippen LogP contribution in [0.2, 0.25) is 0 Å². The van der Waals surface area contributed by atoms with Crippen LogP contribution in [0.1, 0.15) is 90.9 Å². The molecule has 4 atom stereocenters. The van der Waals surface area contributed by atoms with Crippen molar-refractivity contribution >= 4 is 42.4 Å². The summed E-state index contributed by atoms with van der Waals surface area (Å²) in [5.74, 6) is -0.862. The molecule has 0 saturated heterocycles. The number of hydrogen-bond donors (Lipinski definition) is 0. The second-order valence-electron chi connectivity index (χ2n) is 8.79. The number of unbranched alkanes of at least 4 members (excludes halogenated alkanes) is 1. The quantitative estimate of drug-likeness (QED) is 0.214. The normalized spacial score (nSPS) is 22.8. The summed E-state index contributed by atoms with van der Waals surface area (Å²) >= 11 is -3.81. The van der Waals surface area contributed by atoms with Crippen LogP contribution in [-0.2, 0) is 59.1 Å². The van der Waals surface area contributed by atoms with Crippen LogP contribution in [0.3, 0.4) is 0 Å². The summed E-state index contributed by atoms with van der Waals surface area (Å²) in [4.78, 5) is 0. The molecule has 2 rings (SSSR count). The van der Waals surface area contributed by atoms with Crippen molar-refractivity contribution in [2.75, 3.05) is 11.5 Å². The van der Waals surface area contributed by atoms with E-state index < -0.39 is 64.8 Å². The van der Waals surface area contributed by atoms with Crippen LogP contribution in [0.25, 0.3) is 0 Å². The van der Waals surface area contributed by atoms with Crippen LogP contribution < -0.4 is 0 Å². The lowest BCUT2D eigenvalue weighted by Gasteiger charge is -2.22. The van der Waals surface area contributed by atoms with Gasteiger partial charge in [-0.3, -0.25) is 16.7 Å². The molecule has 14 heteroatoms. The highest BCUT2D eigenvalue weighted by Crippen LogP contribution is 2.23. The first-order valence-electron chi connectivity index (χ1n) is 11.9. The highest BCUT2D eigenvalue weighted by Gasteiger charge is 2.27. The Kier molecular flexibility index (Phi) is 13.1. The highest BCUT2D eigenvalue weighted by molar-refractivity contribution is 7.88. The van der Waals surface area contributed by atoms with E-state index in [1.807, 2.05) is 0 Å². The smallest absolute Gasteiger partial charge is 0.268 e. The maximum Gasteiger partial charge on any atom is 0.268 e. The zero-order valence-electron chi connectivity index (χ0n) is 19.9. The summed E-state index contributed by atoms with van der Waals surface area (Å²) in [6.07, 6.45) is 9.05. The van der Waals surface area contributed by atoms with Crippen molar-refractivity contribution in [2.24, 2.45) is 0 Å². The summed E-state index contributed by atoms with van der Waals surface area (Å²) < 4.78 is 93.8. The van der Waals surface area contributed by atoms with Crippen molar-refractivity contribution in [1.82, 2.24) is 0 Å². The Bertz CT molecular complexity index is 790. The lowest BCUT2D eigenvalue weighted by Crippen LogP contribution is -2.28. The molecule has 0 amide bonds. The second-order valence-corrected chi connectivity index (χ2v) is 15.0. The molecule has 10 nitrogen and oxygen atoms in total. The van der Waals surface area contributed by atoms with E-state index >= 15 is 0 Å². The van der Waals surface area contributed by atoms with E-state index in [4.69, 9.17) is 16.7 Å². The third-order valence-corrected chi connectivity index (χ3v) is 10.9. The number of hydrogen-bond acceptors (Lipinski definition) is 10. The van der Waals surface area contributed by atoms with E-state index in [1.165, 1.54) is 13.8 Å². The van der Waals surface area contributed by atoms with Gasteiger partial charge in [0.15, 0.2) is 33.0 Å². The molecule has 2 fully saturated rings. The molecule has 0 aliphatic heterocycles. The highest BCUT2D eigenvalue weighted by atomic mass is 32.2. The molecule has 0 radical (unpaired) electrons. The van der Waals surface area contributed by atoms with Gasteiger partial charge in [-0.25, -0.2) is 8.42 Å². The Labute approximate surface area is 209 Å². The van der Waals surface area contributed by atoms with Crippen LogP contribution in [0.5, 0.6) is 0 Å². The molecule has 0 spiro atoms. The molecule has 4 unspecified atom stereocenters. The second kappa shape index (κ2) is 14.7. The van der Waals surface area contributed by atoms with Gasteiger partial charge in [0.05, 0.1) is 23.7 Å². The molecule has 0 heterocycles. The zero-order chi connectivity index (χ0) is 25.2. The van der Waals surface area contributed by atoms with E-state index in [0.29, 0.717) is 0 Å². The molecule has 2 aliphatic carbocycles. The third kappa shape index (κ3) is 11.8. The summed E-state index contributed by atoms with van der Waals surface area (Å²) in [5.41, 5.74) is -2.31. The third-order valence-electron chi connectivity index (χ3n) is 5.71. The molecular formula is C20H38O10S4. The lowest BCUT2D eigenvalue weighted by molar-refractivity contribution is 0.161. The SMILES string of the molecule is CC(OS(=O)(=O)CCCCS(=O)(=O)OC(C)S(=O)OC1CCCCC1)S(=O)OC1CCCCC1. The topological polar surface area (TPSA) is 139 Å². The Hall–Kier alpha value is 0.0400. The van der Waals surface area contributed by atoms with Crippen LogP contribution >= 0.6 is 0 Å². The van der Waals surface area contributed by atoms with Crippen molar-refractivity contribution in [3.05, 3.63) is 0 Å². The van der Waals surface area contributed by atoms with Gasteiger partial charge in [0.2, 0.25) is 0 Å². The predicted octanol–water partition coefficient (Wildman–Crippen LogP) is 3.18. The van der Waals surface area contributed by atoms with Gasteiger partial charge in [0.25, 0.3) is 20.2 Å². The van der Waals surface area contributed by atoms with Crippen molar-refractivity contribution in [3.8, 4) is 0 Å². The first kappa shape index (κ1) is 30.3. The van der Waals surface area contributed by atoms with Gasteiger partial charge in [-0.15, -0.1) is 0 Å². The Morgan fingerprint density at radius 2 is 0.971 bits per heavy atom. The molecule has 0 aromatic carbocycles. The molecule has 2 aliphatic rings. The van der Waals surface area contributed by atoms with Gasteiger partial charge >= 0.3 is 0 Å². The van der Waals surface area contributed by atoms with Crippen molar-refractivity contribution in [1.29, 1.82) is 0 Å². The van der Waals surface area contributed by atoms with Crippen LogP contribution in [-0.4, -0.2) is 59.8 Å². The predicted molar refractivity (Wildman–Crippen MR) is 130 cm³/mol. The number of rotatable bonds is 15. The summed E-state index contributed by atoms with van der Waals surface area (Å²) in [6.45, 7) is 2.73. The van der Waals surface area contributed by atoms with Crippen LogP contribution in [0.4, 0.5) is 0 Å². The van der Waals surface area contributed by atoms with E-state index in [0.717, 1.165) is 64.2 Å². The van der Waals surface area contributed by atoms with E-state index in [2.05, 4.69) is 0 Å². The van der Waals surface area contributed by atoms with Gasteiger partial charge < -0.3 is 0 Å². The minimum atomic E-state index is -4.01. The van der Waals surface area contributed by atoms with Crippen molar-refractivity contribution in [3.63, 3.8) is 0 Å². The summed E-state index contributed by atoms with van der Waals surface area (Å²) in [5, 5.41) is 0. The van der Waals surface area contributed by atoms with Gasteiger partial charge in [-0.1, -0.05) is 38.5 Å². The maximum atomic E-state index is 12.2. The monoisotopic (exact) mass is 566 g/mol. The Balaban J connectivity index is 1.67. The van der Waals surface area contributed by atoms with E-state index in [-0.39, 0.29) is 25.0 Å². The lowest BCUT2D eigenvalue weighted by atomic mass is 9.98. The molecule has 0 aromatic rings. The largest absolute Gasteiger partial charge is 0.285 e. The average molecular weight is 567 g/mol. The van der Waals surface area contributed by atoms with Gasteiger partial charge in [0, 0.05) is 0 Å². The van der Waals surface area contributed by atoms with Gasteiger partial charge in [0.1, 0.15) is 0 Å². The molecule has 0 aromatic heterocycles. The molecule has 202 valence electrons. The Morgan fingerprint density at radius 3 is 1.29 bits per heavy atom. The maximum absolute atomic E-state index is 12.2. The van der Waals surface area contributed by atoms with Crippen molar-refractivity contribution < 1.29 is 42.0 Å².